The summed E-state index contributed by atoms with van der Waals surface area (Å²) < 4.78 is 38.5. The second-order valence-electron chi connectivity index (χ2n) is 3.71. The van der Waals surface area contributed by atoms with Gasteiger partial charge >= 0.3 is 12.0 Å². The molecule has 100 valence electrons. The second kappa shape index (κ2) is 4.34. The quantitative estimate of drug-likeness (QED) is 0.621. The zero-order chi connectivity index (χ0) is 14.2. The number of nitro groups is 1. The minimum absolute atomic E-state index is 0.221. The Hall–Kier alpha value is -2.45. The van der Waals surface area contributed by atoms with Crippen LogP contribution in [0, 0.1) is 17.0 Å². The van der Waals surface area contributed by atoms with Crippen LogP contribution in [0.1, 0.15) is 11.4 Å². The Bertz CT molecular complexity index is 619. The molecule has 0 N–H and O–H groups in total. The monoisotopic (exact) mass is 272 g/mol. The molecule has 2 aromatic rings. The zero-order valence-electron chi connectivity index (χ0n) is 9.55. The van der Waals surface area contributed by atoms with Crippen molar-refractivity contribution in [3.05, 3.63) is 45.9 Å². The molecule has 0 saturated carbocycles. The Morgan fingerprint density at radius 1 is 1.37 bits per heavy atom. The Morgan fingerprint density at radius 2 is 2.05 bits per heavy atom. The molecule has 0 atom stereocenters. The number of aromatic nitrogens is 3. The predicted molar refractivity (Wildman–Crippen MR) is 57.8 cm³/mol. The van der Waals surface area contributed by atoms with Gasteiger partial charge in [-0.2, -0.15) is 18.3 Å². The van der Waals surface area contributed by atoms with Gasteiger partial charge in [-0.1, -0.05) is 0 Å². The molecule has 0 amide bonds. The fourth-order valence-electron chi connectivity index (χ4n) is 1.49. The number of rotatable bonds is 2. The van der Waals surface area contributed by atoms with Crippen molar-refractivity contribution in [2.75, 3.05) is 0 Å². The maximum Gasteiger partial charge on any atom is 0.435 e. The van der Waals surface area contributed by atoms with Crippen LogP contribution in [0.3, 0.4) is 0 Å². The van der Waals surface area contributed by atoms with Gasteiger partial charge in [0.25, 0.3) is 0 Å². The first kappa shape index (κ1) is 13.0. The van der Waals surface area contributed by atoms with Crippen LogP contribution in [0.4, 0.5) is 19.0 Å². The summed E-state index contributed by atoms with van der Waals surface area (Å²) in [7, 11) is 0. The van der Waals surface area contributed by atoms with E-state index in [0.29, 0.717) is 0 Å². The molecule has 0 aromatic carbocycles. The van der Waals surface area contributed by atoms with Crippen molar-refractivity contribution in [1.29, 1.82) is 0 Å². The Kier molecular flexibility index (Phi) is 2.97. The fourth-order valence-corrected chi connectivity index (χ4v) is 1.49. The molecule has 0 radical (unpaired) electrons. The first-order valence-corrected chi connectivity index (χ1v) is 5.04. The van der Waals surface area contributed by atoms with Crippen LogP contribution in [-0.4, -0.2) is 19.7 Å². The van der Waals surface area contributed by atoms with E-state index in [1.165, 1.54) is 13.0 Å². The van der Waals surface area contributed by atoms with E-state index in [1.807, 2.05) is 0 Å². The molecule has 0 unspecified atom stereocenters. The Labute approximate surface area is 104 Å². The number of hydrogen-bond acceptors (Lipinski definition) is 4. The maximum absolute atomic E-state index is 12.5. The molecule has 0 saturated heterocycles. The SMILES string of the molecule is Cc1cc(C(F)(F)F)nn1-c1ccc([N+](=O)[O-])nc1. The van der Waals surface area contributed by atoms with Crippen molar-refractivity contribution in [3.63, 3.8) is 0 Å². The minimum atomic E-state index is -4.54. The third-order valence-corrected chi connectivity index (χ3v) is 2.34. The van der Waals surface area contributed by atoms with E-state index >= 15 is 0 Å². The summed E-state index contributed by atoms with van der Waals surface area (Å²) >= 11 is 0. The number of pyridine rings is 1. The standard InChI is InChI=1S/C10H7F3N4O2/c1-6-4-8(10(11,12)13)15-16(6)7-2-3-9(14-5-7)17(18)19/h2-5H,1H3. The third kappa shape index (κ3) is 2.54. The van der Waals surface area contributed by atoms with Gasteiger partial charge in [0.1, 0.15) is 5.69 Å². The molecule has 19 heavy (non-hydrogen) atoms. The average molecular weight is 272 g/mol. The van der Waals surface area contributed by atoms with E-state index in [1.54, 1.807) is 0 Å². The summed E-state index contributed by atoms with van der Waals surface area (Å²) in [4.78, 5) is 13.3. The van der Waals surface area contributed by atoms with Crippen molar-refractivity contribution >= 4 is 5.82 Å². The van der Waals surface area contributed by atoms with Crippen molar-refractivity contribution in [3.8, 4) is 5.69 Å². The lowest BCUT2D eigenvalue weighted by Crippen LogP contribution is -2.07. The normalized spacial score (nSPS) is 11.6. The summed E-state index contributed by atoms with van der Waals surface area (Å²) in [5.74, 6) is -0.385. The summed E-state index contributed by atoms with van der Waals surface area (Å²) in [6.45, 7) is 1.45. The smallest absolute Gasteiger partial charge is 0.358 e. The molecule has 0 aliphatic carbocycles. The van der Waals surface area contributed by atoms with Crippen molar-refractivity contribution < 1.29 is 18.1 Å². The number of hydrogen-bond donors (Lipinski definition) is 0. The number of nitrogens with zero attached hydrogens (tertiary/aromatic N) is 4. The number of halogens is 3. The van der Waals surface area contributed by atoms with E-state index in [0.717, 1.165) is 23.0 Å². The minimum Gasteiger partial charge on any atom is -0.358 e. The molecule has 0 aliphatic rings. The topological polar surface area (TPSA) is 73.8 Å². The molecule has 2 aromatic heterocycles. The van der Waals surface area contributed by atoms with E-state index in [9.17, 15) is 23.3 Å². The van der Waals surface area contributed by atoms with Crippen LogP contribution in [0.15, 0.2) is 24.4 Å². The van der Waals surface area contributed by atoms with Gasteiger partial charge < -0.3 is 10.1 Å². The predicted octanol–water partition coefficient (Wildman–Crippen LogP) is 2.50. The number of aryl methyl sites for hydroxylation is 1. The van der Waals surface area contributed by atoms with Gasteiger partial charge in [-0.05, 0) is 29.0 Å². The van der Waals surface area contributed by atoms with Crippen LogP contribution in [0.5, 0.6) is 0 Å². The van der Waals surface area contributed by atoms with E-state index in [4.69, 9.17) is 0 Å². The third-order valence-electron chi connectivity index (χ3n) is 2.34. The van der Waals surface area contributed by atoms with Gasteiger partial charge in [-0.3, -0.25) is 0 Å². The van der Waals surface area contributed by atoms with Gasteiger partial charge in [0.2, 0.25) is 0 Å². The van der Waals surface area contributed by atoms with Crippen LogP contribution in [0.2, 0.25) is 0 Å². The molecule has 2 rings (SSSR count). The molecular weight excluding hydrogens is 265 g/mol. The molecule has 0 fully saturated rings. The highest BCUT2D eigenvalue weighted by Gasteiger charge is 2.34. The molecule has 9 heteroatoms. The molecule has 6 nitrogen and oxygen atoms in total. The van der Waals surface area contributed by atoms with Crippen molar-refractivity contribution in [1.82, 2.24) is 14.8 Å². The summed E-state index contributed by atoms with van der Waals surface area (Å²) in [6, 6.07) is 3.27. The van der Waals surface area contributed by atoms with Crippen molar-refractivity contribution in [2.24, 2.45) is 0 Å². The van der Waals surface area contributed by atoms with Crippen LogP contribution < -0.4 is 0 Å². The van der Waals surface area contributed by atoms with Gasteiger partial charge in [0, 0.05) is 11.8 Å². The van der Waals surface area contributed by atoms with Gasteiger partial charge in [0.05, 0.1) is 0 Å². The lowest BCUT2D eigenvalue weighted by Gasteiger charge is -2.02. The van der Waals surface area contributed by atoms with Gasteiger partial charge in [-0.25, -0.2) is 4.68 Å². The van der Waals surface area contributed by atoms with Crippen LogP contribution >= 0.6 is 0 Å². The highest BCUT2D eigenvalue weighted by atomic mass is 19.4. The molecule has 0 spiro atoms. The lowest BCUT2D eigenvalue weighted by molar-refractivity contribution is -0.389. The van der Waals surface area contributed by atoms with E-state index in [2.05, 4.69) is 10.1 Å². The first-order chi connectivity index (χ1) is 8.79. The van der Waals surface area contributed by atoms with Crippen LogP contribution in [0.25, 0.3) is 5.69 Å². The number of alkyl halides is 3. The fraction of sp³-hybridized carbons (Fsp3) is 0.200. The van der Waals surface area contributed by atoms with Crippen LogP contribution in [-0.2, 0) is 6.18 Å². The molecule has 0 bridgehead atoms. The highest BCUT2D eigenvalue weighted by molar-refractivity contribution is 5.35. The van der Waals surface area contributed by atoms with E-state index in [-0.39, 0.29) is 17.2 Å². The molecule has 0 aliphatic heterocycles. The molecular formula is C10H7F3N4O2. The summed E-state index contributed by atoms with van der Waals surface area (Å²) in [5.41, 5.74) is -0.551. The summed E-state index contributed by atoms with van der Waals surface area (Å²) in [5, 5.41) is 13.8. The highest BCUT2D eigenvalue weighted by Crippen LogP contribution is 2.29. The van der Waals surface area contributed by atoms with Crippen molar-refractivity contribution in [2.45, 2.75) is 13.1 Å². The van der Waals surface area contributed by atoms with E-state index < -0.39 is 16.8 Å². The zero-order valence-corrected chi connectivity index (χ0v) is 9.55. The van der Waals surface area contributed by atoms with Gasteiger partial charge in [-0.15, -0.1) is 0 Å². The van der Waals surface area contributed by atoms with Gasteiger partial charge in [0.15, 0.2) is 11.9 Å². The summed E-state index contributed by atoms with van der Waals surface area (Å²) in [6.07, 6.45) is -3.44. The Morgan fingerprint density at radius 3 is 2.47 bits per heavy atom. The second-order valence-corrected chi connectivity index (χ2v) is 3.71. The average Bonchev–Trinajstić information content (AvgIpc) is 2.71. The largest absolute Gasteiger partial charge is 0.435 e. The first-order valence-electron chi connectivity index (χ1n) is 5.04. The maximum atomic E-state index is 12.5. The molecule has 2 heterocycles. The Balaban J connectivity index is 2.42. The lowest BCUT2D eigenvalue weighted by atomic mass is 10.3.